The van der Waals surface area contributed by atoms with Gasteiger partial charge in [0.05, 0.1) is 17.9 Å². The van der Waals surface area contributed by atoms with Crippen LogP contribution in [0.25, 0.3) is 21.3 Å². The lowest BCUT2D eigenvalue weighted by atomic mass is 10.0. The van der Waals surface area contributed by atoms with E-state index in [9.17, 15) is 14.7 Å². The van der Waals surface area contributed by atoms with Gasteiger partial charge < -0.3 is 5.11 Å². The van der Waals surface area contributed by atoms with Gasteiger partial charge in [0.1, 0.15) is 17.1 Å². The zero-order valence-corrected chi connectivity index (χ0v) is 16.9. The Hall–Kier alpha value is -3.78. The number of aryl methyl sites for hydroxylation is 1. The second-order valence-corrected chi connectivity index (χ2v) is 7.81. The van der Waals surface area contributed by atoms with Crippen molar-refractivity contribution < 1.29 is 9.90 Å². The maximum Gasteiger partial charge on any atom is 0.263 e. The molecule has 7 nitrogen and oxygen atoms in total. The summed E-state index contributed by atoms with van der Waals surface area (Å²) in [6.07, 6.45) is 2.72. The molecule has 2 aromatic heterocycles. The highest BCUT2D eigenvalue weighted by molar-refractivity contribution is 7.19. The number of benzene rings is 2. The summed E-state index contributed by atoms with van der Waals surface area (Å²) in [5, 5.41) is 14.1. The molecular formula is C22H18N4O3S. The highest BCUT2D eigenvalue weighted by Gasteiger charge is 2.17. The molecule has 2 aromatic carbocycles. The third-order valence-electron chi connectivity index (χ3n) is 4.56. The van der Waals surface area contributed by atoms with E-state index in [4.69, 9.17) is 0 Å². The molecule has 0 radical (unpaired) electrons. The van der Waals surface area contributed by atoms with Crippen molar-refractivity contribution in [1.82, 2.24) is 15.0 Å². The topological polar surface area (TPSA) is 96.6 Å². The van der Waals surface area contributed by atoms with Crippen molar-refractivity contribution in [3.05, 3.63) is 81.7 Å². The number of carbonyl (C=O) groups is 1. The van der Waals surface area contributed by atoms with Gasteiger partial charge in [0.25, 0.3) is 11.5 Å². The first kappa shape index (κ1) is 19.5. The van der Waals surface area contributed by atoms with Gasteiger partial charge in [-0.15, -0.1) is 11.3 Å². The van der Waals surface area contributed by atoms with E-state index in [0.29, 0.717) is 15.8 Å². The van der Waals surface area contributed by atoms with Crippen molar-refractivity contribution in [2.75, 3.05) is 0 Å². The SMILES string of the molecule is Cc1sc2ncn(CC(=O)N/N=C/c3ccccc3O)c(=O)c2c1-c1ccccc1. The van der Waals surface area contributed by atoms with Crippen molar-refractivity contribution in [1.29, 1.82) is 0 Å². The number of aromatic nitrogens is 2. The number of aromatic hydroxyl groups is 1. The van der Waals surface area contributed by atoms with E-state index in [1.165, 1.54) is 34.5 Å². The largest absolute Gasteiger partial charge is 0.507 e. The van der Waals surface area contributed by atoms with Crippen LogP contribution in [0.5, 0.6) is 5.75 Å². The number of phenolic OH excluding ortho intramolecular Hbond substituents is 1. The lowest BCUT2D eigenvalue weighted by molar-refractivity contribution is -0.121. The Bertz CT molecular complexity index is 1310. The molecule has 4 aromatic rings. The number of hydrogen-bond donors (Lipinski definition) is 2. The van der Waals surface area contributed by atoms with Crippen molar-refractivity contribution in [2.24, 2.45) is 5.10 Å². The number of rotatable bonds is 5. The van der Waals surface area contributed by atoms with Crippen LogP contribution < -0.4 is 11.0 Å². The fourth-order valence-electron chi connectivity index (χ4n) is 3.16. The van der Waals surface area contributed by atoms with Gasteiger partial charge in [-0.2, -0.15) is 5.10 Å². The number of fused-ring (bicyclic) bond motifs is 1. The molecule has 0 spiro atoms. The average molecular weight is 418 g/mol. The third-order valence-corrected chi connectivity index (χ3v) is 5.57. The molecule has 0 unspecified atom stereocenters. The van der Waals surface area contributed by atoms with Crippen LogP contribution in [0.3, 0.4) is 0 Å². The zero-order valence-electron chi connectivity index (χ0n) is 16.1. The number of para-hydroxylation sites is 1. The summed E-state index contributed by atoms with van der Waals surface area (Å²) < 4.78 is 1.27. The number of nitrogens with zero attached hydrogens (tertiary/aromatic N) is 3. The Morgan fingerprint density at radius 1 is 1.20 bits per heavy atom. The number of nitrogens with one attached hydrogen (secondary N) is 1. The van der Waals surface area contributed by atoms with Crippen molar-refractivity contribution in [2.45, 2.75) is 13.5 Å². The van der Waals surface area contributed by atoms with Crippen LogP contribution in [0.1, 0.15) is 10.4 Å². The molecule has 0 bridgehead atoms. The molecule has 1 amide bonds. The minimum absolute atomic E-state index is 0.0580. The van der Waals surface area contributed by atoms with Gasteiger partial charge >= 0.3 is 0 Å². The van der Waals surface area contributed by atoms with Crippen molar-refractivity contribution >= 4 is 33.7 Å². The summed E-state index contributed by atoms with van der Waals surface area (Å²) in [6.45, 7) is 1.74. The molecule has 2 N–H and O–H groups in total. The molecule has 4 rings (SSSR count). The van der Waals surface area contributed by atoms with Crippen LogP contribution in [0, 0.1) is 6.92 Å². The van der Waals surface area contributed by atoms with Crippen LogP contribution in [0.15, 0.2) is 70.8 Å². The van der Waals surface area contributed by atoms with E-state index in [1.54, 1.807) is 18.2 Å². The highest BCUT2D eigenvalue weighted by Crippen LogP contribution is 2.35. The van der Waals surface area contributed by atoms with Gasteiger partial charge in [0, 0.05) is 16.0 Å². The Morgan fingerprint density at radius 2 is 1.93 bits per heavy atom. The summed E-state index contributed by atoms with van der Waals surface area (Å²) in [4.78, 5) is 31.4. The summed E-state index contributed by atoms with van der Waals surface area (Å²) >= 11 is 1.46. The Morgan fingerprint density at radius 3 is 2.70 bits per heavy atom. The second kappa shape index (κ2) is 8.30. The molecule has 150 valence electrons. The first-order valence-corrected chi connectivity index (χ1v) is 10.00. The fraction of sp³-hybridized carbons (Fsp3) is 0.0909. The van der Waals surface area contributed by atoms with Gasteiger partial charge in [0.2, 0.25) is 0 Å². The van der Waals surface area contributed by atoms with Crippen molar-refractivity contribution in [3.63, 3.8) is 0 Å². The zero-order chi connectivity index (χ0) is 21.1. The number of phenols is 1. The normalized spacial score (nSPS) is 11.2. The smallest absolute Gasteiger partial charge is 0.263 e. The molecule has 0 atom stereocenters. The predicted octanol–water partition coefficient (Wildman–Crippen LogP) is 3.29. The van der Waals surface area contributed by atoms with Crippen LogP contribution in [0.4, 0.5) is 0 Å². The van der Waals surface area contributed by atoms with Gasteiger partial charge in [0.15, 0.2) is 0 Å². The van der Waals surface area contributed by atoms with Crippen LogP contribution in [0.2, 0.25) is 0 Å². The minimum Gasteiger partial charge on any atom is -0.507 e. The van der Waals surface area contributed by atoms with E-state index >= 15 is 0 Å². The van der Waals surface area contributed by atoms with E-state index in [0.717, 1.165) is 16.0 Å². The molecular weight excluding hydrogens is 400 g/mol. The molecule has 0 aliphatic carbocycles. The number of hydrazone groups is 1. The van der Waals surface area contributed by atoms with Gasteiger partial charge in [-0.05, 0) is 24.6 Å². The average Bonchev–Trinajstić information content (AvgIpc) is 3.09. The molecule has 0 aliphatic rings. The summed E-state index contributed by atoms with van der Waals surface area (Å²) in [5.74, 6) is -0.416. The van der Waals surface area contributed by atoms with Crippen LogP contribution >= 0.6 is 11.3 Å². The Labute approximate surface area is 176 Å². The maximum absolute atomic E-state index is 13.1. The number of thiophene rings is 1. The summed E-state index contributed by atoms with van der Waals surface area (Å²) in [7, 11) is 0. The lowest BCUT2D eigenvalue weighted by Crippen LogP contribution is -2.30. The standard InChI is InChI=1S/C22H18N4O3S/c1-14-19(15-7-3-2-4-8-15)20-21(30-14)23-13-26(22(20)29)12-18(28)25-24-11-16-9-5-6-10-17(16)27/h2-11,13,27H,12H2,1H3,(H,25,28)/b24-11+. The van der Waals surface area contributed by atoms with E-state index in [1.807, 2.05) is 37.3 Å². The number of carbonyl (C=O) groups excluding carboxylic acids is 1. The van der Waals surface area contributed by atoms with Gasteiger partial charge in [-0.1, -0.05) is 42.5 Å². The van der Waals surface area contributed by atoms with Gasteiger partial charge in [-0.25, -0.2) is 10.4 Å². The quantitative estimate of drug-likeness (QED) is 0.384. The highest BCUT2D eigenvalue weighted by atomic mass is 32.1. The lowest BCUT2D eigenvalue weighted by Gasteiger charge is -2.06. The summed E-state index contributed by atoms with van der Waals surface area (Å²) in [6, 6.07) is 16.3. The Kier molecular flexibility index (Phi) is 5.40. The van der Waals surface area contributed by atoms with E-state index < -0.39 is 5.91 Å². The molecule has 0 aliphatic heterocycles. The van der Waals surface area contributed by atoms with Gasteiger partial charge in [-0.3, -0.25) is 14.2 Å². The third kappa shape index (κ3) is 3.85. The van der Waals surface area contributed by atoms with E-state index in [2.05, 4.69) is 15.5 Å². The first-order chi connectivity index (χ1) is 14.5. The molecule has 30 heavy (non-hydrogen) atoms. The first-order valence-electron chi connectivity index (χ1n) is 9.18. The second-order valence-electron chi connectivity index (χ2n) is 6.61. The number of amides is 1. The summed E-state index contributed by atoms with van der Waals surface area (Å²) in [5.41, 5.74) is 4.35. The minimum atomic E-state index is -0.474. The molecule has 0 saturated heterocycles. The number of hydrogen-bond acceptors (Lipinski definition) is 6. The van der Waals surface area contributed by atoms with Crippen LogP contribution in [-0.4, -0.2) is 26.8 Å². The van der Waals surface area contributed by atoms with Crippen molar-refractivity contribution in [3.8, 4) is 16.9 Å². The fourth-order valence-corrected chi connectivity index (χ4v) is 4.17. The maximum atomic E-state index is 13.1. The molecule has 0 saturated carbocycles. The van der Waals surface area contributed by atoms with Crippen LogP contribution in [-0.2, 0) is 11.3 Å². The predicted molar refractivity (Wildman–Crippen MR) is 118 cm³/mol. The monoisotopic (exact) mass is 418 g/mol. The molecule has 2 heterocycles. The Balaban J connectivity index is 1.59. The molecule has 8 heteroatoms. The molecule has 0 fully saturated rings. The van der Waals surface area contributed by atoms with E-state index in [-0.39, 0.29) is 17.9 Å².